The summed E-state index contributed by atoms with van der Waals surface area (Å²) in [6.45, 7) is 2.65. The molecule has 2 aliphatic heterocycles. The SMILES string of the molecule is COC1CN(c2nc3sc(N4CCCC4C(=O)NCc4ccccc4)nc3c(=O)n2C)C1. The van der Waals surface area contributed by atoms with Crippen molar-refractivity contribution in [2.75, 3.05) is 36.5 Å². The number of nitrogens with one attached hydrogen (secondary N) is 1. The molecule has 2 saturated heterocycles. The van der Waals surface area contributed by atoms with Crippen LogP contribution in [-0.4, -0.2) is 59.3 Å². The van der Waals surface area contributed by atoms with Gasteiger partial charge in [-0.3, -0.25) is 14.2 Å². The molecule has 0 bridgehead atoms. The van der Waals surface area contributed by atoms with Gasteiger partial charge < -0.3 is 19.9 Å². The number of ether oxygens (including phenoxy) is 1. The van der Waals surface area contributed by atoms with Crippen LogP contribution in [0.2, 0.25) is 0 Å². The average molecular weight is 455 g/mol. The van der Waals surface area contributed by atoms with Gasteiger partial charge in [0.25, 0.3) is 5.56 Å². The second-order valence-electron chi connectivity index (χ2n) is 8.24. The molecule has 5 rings (SSSR count). The third-order valence-corrected chi connectivity index (χ3v) is 7.17. The van der Waals surface area contributed by atoms with Crippen molar-refractivity contribution in [1.29, 1.82) is 0 Å². The molecule has 0 spiro atoms. The van der Waals surface area contributed by atoms with E-state index in [2.05, 4.69) is 10.3 Å². The van der Waals surface area contributed by atoms with Gasteiger partial charge in [-0.15, -0.1) is 0 Å². The molecule has 0 aliphatic carbocycles. The molecule has 1 atom stereocenters. The van der Waals surface area contributed by atoms with E-state index in [1.807, 2.05) is 40.1 Å². The Balaban J connectivity index is 1.37. The molecular weight excluding hydrogens is 428 g/mol. The lowest BCUT2D eigenvalue weighted by Gasteiger charge is -2.39. The van der Waals surface area contributed by atoms with Crippen LogP contribution in [0.4, 0.5) is 11.1 Å². The highest BCUT2D eigenvalue weighted by Gasteiger charge is 2.34. The highest BCUT2D eigenvalue weighted by molar-refractivity contribution is 7.21. The quantitative estimate of drug-likeness (QED) is 0.604. The molecule has 2 fully saturated rings. The van der Waals surface area contributed by atoms with Crippen molar-refractivity contribution in [3.63, 3.8) is 0 Å². The lowest BCUT2D eigenvalue weighted by Crippen LogP contribution is -2.53. The van der Waals surface area contributed by atoms with Gasteiger partial charge >= 0.3 is 0 Å². The largest absolute Gasteiger partial charge is 0.378 e. The van der Waals surface area contributed by atoms with E-state index in [0.717, 1.165) is 24.9 Å². The second kappa shape index (κ2) is 8.51. The highest BCUT2D eigenvalue weighted by atomic mass is 32.1. The first-order valence-electron chi connectivity index (χ1n) is 10.8. The molecule has 9 nitrogen and oxygen atoms in total. The zero-order valence-corrected chi connectivity index (χ0v) is 19.0. The number of rotatable bonds is 6. The Morgan fingerprint density at radius 1 is 1.25 bits per heavy atom. The number of carbonyl (C=O) groups is 1. The number of hydrogen-bond acceptors (Lipinski definition) is 8. The van der Waals surface area contributed by atoms with Crippen molar-refractivity contribution in [3.8, 4) is 0 Å². The lowest BCUT2D eigenvalue weighted by atomic mass is 10.2. The van der Waals surface area contributed by atoms with E-state index in [9.17, 15) is 9.59 Å². The number of carbonyl (C=O) groups excluding carboxylic acids is 1. The average Bonchev–Trinajstić information content (AvgIpc) is 3.42. The van der Waals surface area contributed by atoms with Gasteiger partial charge in [0.1, 0.15) is 6.04 Å². The van der Waals surface area contributed by atoms with E-state index in [1.165, 1.54) is 11.3 Å². The summed E-state index contributed by atoms with van der Waals surface area (Å²) in [4.78, 5) is 39.9. The standard InChI is InChI=1S/C22H26N6O3S/c1-26-20(30)17-19(25-21(26)27-12-15(13-27)31-2)32-22(24-17)28-10-6-9-16(28)18(29)23-11-14-7-4-3-5-8-14/h3-5,7-8,15-16H,6,9-13H2,1-2H3,(H,23,29). The first kappa shape index (κ1) is 20.9. The molecule has 2 aromatic heterocycles. The number of hydrogen-bond donors (Lipinski definition) is 1. The van der Waals surface area contributed by atoms with Crippen molar-refractivity contribution in [2.45, 2.75) is 31.5 Å². The van der Waals surface area contributed by atoms with Crippen LogP contribution >= 0.6 is 11.3 Å². The lowest BCUT2D eigenvalue weighted by molar-refractivity contribution is -0.122. The Hall–Kier alpha value is -2.98. The van der Waals surface area contributed by atoms with Crippen molar-refractivity contribution < 1.29 is 9.53 Å². The molecule has 32 heavy (non-hydrogen) atoms. The number of anilines is 2. The summed E-state index contributed by atoms with van der Waals surface area (Å²) in [5.74, 6) is 0.614. The fraction of sp³-hybridized carbons (Fsp3) is 0.455. The molecular formula is C22H26N6O3S. The zero-order chi connectivity index (χ0) is 22.2. The predicted molar refractivity (Wildman–Crippen MR) is 124 cm³/mol. The maximum atomic E-state index is 13.0. The van der Waals surface area contributed by atoms with Crippen LogP contribution in [0.15, 0.2) is 35.1 Å². The van der Waals surface area contributed by atoms with Gasteiger partial charge in [-0.25, -0.2) is 9.97 Å². The van der Waals surface area contributed by atoms with Gasteiger partial charge in [-0.2, -0.15) is 0 Å². The van der Waals surface area contributed by atoms with Gasteiger partial charge in [-0.05, 0) is 18.4 Å². The van der Waals surface area contributed by atoms with Crippen LogP contribution in [-0.2, 0) is 23.1 Å². The molecule has 1 unspecified atom stereocenters. The molecule has 3 aromatic rings. The van der Waals surface area contributed by atoms with Gasteiger partial charge in [0, 0.05) is 40.3 Å². The molecule has 2 aliphatic rings. The van der Waals surface area contributed by atoms with E-state index >= 15 is 0 Å². The first-order valence-corrected chi connectivity index (χ1v) is 11.6. The minimum atomic E-state index is -0.291. The predicted octanol–water partition coefficient (Wildman–Crippen LogP) is 1.51. The second-order valence-corrected chi connectivity index (χ2v) is 9.20. The van der Waals surface area contributed by atoms with Crippen LogP contribution in [0.25, 0.3) is 10.3 Å². The van der Waals surface area contributed by atoms with Gasteiger partial charge in [0.2, 0.25) is 11.9 Å². The molecule has 0 radical (unpaired) electrons. The molecule has 1 N–H and O–H groups in total. The van der Waals surface area contributed by atoms with E-state index in [0.29, 0.717) is 41.1 Å². The Kier molecular flexibility index (Phi) is 5.56. The Morgan fingerprint density at radius 2 is 2.03 bits per heavy atom. The Bertz CT molecular complexity index is 1190. The highest BCUT2D eigenvalue weighted by Crippen LogP contribution is 2.33. The summed E-state index contributed by atoms with van der Waals surface area (Å²) in [6, 6.07) is 9.57. The van der Waals surface area contributed by atoms with Crippen LogP contribution in [0.3, 0.4) is 0 Å². The van der Waals surface area contributed by atoms with E-state index in [-0.39, 0.29) is 23.6 Å². The number of amides is 1. The van der Waals surface area contributed by atoms with E-state index < -0.39 is 0 Å². The molecule has 1 amide bonds. The van der Waals surface area contributed by atoms with Crippen molar-refractivity contribution in [3.05, 3.63) is 46.2 Å². The summed E-state index contributed by atoms with van der Waals surface area (Å²) in [6.07, 6.45) is 1.83. The minimum Gasteiger partial charge on any atom is -0.378 e. The van der Waals surface area contributed by atoms with Crippen LogP contribution in [0.1, 0.15) is 18.4 Å². The van der Waals surface area contributed by atoms with Crippen molar-refractivity contribution in [2.24, 2.45) is 7.05 Å². The summed E-state index contributed by atoms with van der Waals surface area (Å²) < 4.78 is 6.89. The number of aromatic nitrogens is 3. The number of fused-ring (bicyclic) bond motifs is 1. The topological polar surface area (TPSA) is 92.6 Å². The summed E-state index contributed by atoms with van der Waals surface area (Å²) in [5, 5.41) is 3.72. The molecule has 0 saturated carbocycles. The van der Waals surface area contributed by atoms with E-state index in [1.54, 1.807) is 18.7 Å². The summed E-state index contributed by atoms with van der Waals surface area (Å²) >= 11 is 1.38. The normalized spacial score (nSPS) is 18.9. The van der Waals surface area contributed by atoms with Gasteiger partial charge in [0.05, 0.1) is 6.10 Å². The number of benzene rings is 1. The fourth-order valence-electron chi connectivity index (χ4n) is 4.26. The Morgan fingerprint density at radius 3 is 2.78 bits per heavy atom. The van der Waals surface area contributed by atoms with Gasteiger partial charge in [-0.1, -0.05) is 41.7 Å². The maximum Gasteiger partial charge on any atom is 0.282 e. The molecule has 1 aromatic carbocycles. The monoisotopic (exact) mass is 454 g/mol. The maximum absolute atomic E-state index is 13.0. The number of thiazole rings is 1. The van der Waals surface area contributed by atoms with Crippen molar-refractivity contribution in [1.82, 2.24) is 19.9 Å². The summed E-state index contributed by atoms with van der Waals surface area (Å²) in [5.41, 5.74) is 1.25. The Labute approximate surface area is 189 Å². The minimum absolute atomic E-state index is 0.0154. The van der Waals surface area contributed by atoms with Crippen LogP contribution in [0, 0.1) is 0 Å². The zero-order valence-electron chi connectivity index (χ0n) is 18.2. The molecule has 4 heterocycles. The van der Waals surface area contributed by atoms with Gasteiger partial charge in [0.15, 0.2) is 15.5 Å². The van der Waals surface area contributed by atoms with Crippen molar-refractivity contribution >= 4 is 38.7 Å². The number of methoxy groups -OCH3 is 1. The van der Waals surface area contributed by atoms with Crippen LogP contribution in [0.5, 0.6) is 0 Å². The third kappa shape index (κ3) is 3.73. The first-order chi connectivity index (χ1) is 15.5. The third-order valence-electron chi connectivity index (χ3n) is 6.18. The van der Waals surface area contributed by atoms with E-state index in [4.69, 9.17) is 9.72 Å². The fourth-order valence-corrected chi connectivity index (χ4v) is 5.26. The molecule has 168 valence electrons. The number of nitrogens with zero attached hydrogens (tertiary/aromatic N) is 5. The molecule has 10 heteroatoms. The van der Waals surface area contributed by atoms with Crippen LogP contribution < -0.4 is 20.7 Å². The smallest absolute Gasteiger partial charge is 0.282 e. The summed E-state index contributed by atoms with van der Waals surface area (Å²) in [7, 11) is 3.41.